The second-order valence-electron chi connectivity index (χ2n) is 10.4. The number of benzene rings is 1. The van der Waals surface area contributed by atoms with Gasteiger partial charge in [0.1, 0.15) is 23.0 Å². The number of fused-ring (bicyclic) bond motifs is 3. The molecule has 0 radical (unpaired) electrons. The number of rotatable bonds is 6. The molecule has 5 rings (SSSR count). The van der Waals surface area contributed by atoms with Crippen LogP contribution in [0, 0.1) is 5.92 Å². The van der Waals surface area contributed by atoms with Crippen LogP contribution in [0.5, 0.6) is 11.5 Å². The molecule has 2 aromatic heterocycles. The normalized spacial score (nSPS) is 16.8. The van der Waals surface area contributed by atoms with Gasteiger partial charge in [0.25, 0.3) is 5.91 Å². The fourth-order valence-electron chi connectivity index (χ4n) is 4.89. The Morgan fingerprint density at radius 3 is 2.73 bits per heavy atom. The maximum atomic E-state index is 13.9. The van der Waals surface area contributed by atoms with Crippen LogP contribution in [0.1, 0.15) is 43.7 Å². The smallest absolute Gasteiger partial charge is 0.275 e. The molecule has 1 fully saturated rings. The van der Waals surface area contributed by atoms with Crippen LogP contribution in [0.4, 0.5) is 0 Å². The van der Waals surface area contributed by atoms with Crippen LogP contribution >= 0.6 is 11.3 Å². The van der Waals surface area contributed by atoms with E-state index >= 15 is 0 Å². The van der Waals surface area contributed by atoms with Gasteiger partial charge in [0.05, 0.1) is 43.0 Å². The van der Waals surface area contributed by atoms with Gasteiger partial charge in [-0.3, -0.25) is 4.79 Å². The molecule has 0 saturated carbocycles. The van der Waals surface area contributed by atoms with Crippen molar-refractivity contribution in [2.75, 3.05) is 32.6 Å². The fourth-order valence-corrected chi connectivity index (χ4v) is 7.31. The Kier molecular flexibility index (Phi) is 6.57. The van der Waals surface area contributed by atoms with E-state index in [1.54, 1.807) is 21.7 Å². The van der Waals surface area contributed by atoms with Gasteiger partial charge in [0.15, 0.2) is 15.5 Å². The van der Waals surface area contributed by atoms with Crippen molar-refractivity contribution >= 4 is 27.1 Å². The number of nitrogens with zero attached hydrogens (tertiary/aromatic N) is 3. The summed E-state index contributed by atoms with van der Waals surface area (Å²) in [7, 11) is -2.20. The lowest BCUT2D eigenvalue weighted by molar-refractivity contribution is -0.0374. The number of hydrogen-bond acceptors (Lipinski definition) is 8. The van der Waals surface area contributed by atoms with Crippen LogP contribution in [-0.4, -0.2) is 67.2 Å². The topological polar surface area (TPSA) is 100.0 Å². The summed E-state index contributed by atoms with van der Waals surface area (Å²) < 4.78 is 45.5. The number of amides is 1. The van der Waals surface area contributed by atoms with Crippen LogP contribution in [0.15, 0.2) is 33.9 Å². The average molecular weight is 546 g/mol. The van der Waals surface area contributed by atoms with Crippen molar-refractivity contribution in [3.05, 3.63) is 40.2 Å². The minimum Gasteiger partial charge on any atom is -0.495 e. The summed E-state index contributed by atoms with van der Waals surface area (Å²) in [6.07, 6.45) is 0. The Morgan fingerprint density at radius 2 is 2.08 bits per heavy atom. The molecule has 11 heteroatoms. The third-order valence-electron chi connectivity index (χ3n) is 6.61. The molecule has 1 saturated heterocycles. The molecule has 0 aliphatic carbocycles. The number of morpholine rings is 1. The van der Waals surface area contributed by atoms with Crippen LogP contribution in [0.3, 0.4) is 0 Å². The minimum atomic E-state index is -3.64. The Hall–Kier alpha value is -2.89. The molecule has 0 unspecified atom stereocenters. The van der Waals surface area contributed by atoms with Crippen LogP contribution in [0.25, 0.3) is 16.9 Å². The predicted molar refractivity (Wildman–Crippen MR) is 141 cm³/mol. The van der Waals surface area contributed by atoms with Crippen molar-refractivity contribution in [1.82, 2.24) is 14.7 Å². The van der Waals surface area contributed by atoms with Crippen molar-refractivity contribution in [2.24, 2.45) is 5.92 Å². The molecule has 3 aromatic rings. The van der Waals surface area contributed by atoms with E-state index in [4.69, 9.17) is 19.3 Å². The lowest BCUT2D eigenvalue weighted by Gasteiger charge is -2.41. The van der Waals surface area contributed by atoms with E-state index in [0.717, 1.165) is 5.69 Å². The van der Waals surface area contributed by atoms with Gasteiger partial charge in [0, 0.05) is 29.1 Å². The Balaban J connectivity index is 1.72. The molecule has 2 aliphatic rings. The van der Waals surface area contributed by atoms with Gasteiger partial charge >= 0.3 is 0 Å². The summed E-state index contributed by atoms with van der Waals surface area (Å²) in [6, 6.07) is 5.13. The first-order valence-corrected chi connectivity index (χ1v) is 14.7. The van der Waals surface area contributed by atoms with Gasteiger partial charge in [-0.15, -0.1) is 0 Å². The third kappa shape index (κ3) is 4.53. The highest BCUT2D eigenvalue weighted by Gasteiger charge is 2.39. The first-order valence-electron chi connectivity index (χ1n) is 12.2. The van der Waals surface area contributed by atoms with E-state index < -0.39 is 15.4 Å². The van der Waals surface area contributed by atoms with Crippen LogP contribution in [-0.2, 0) is 21.2 Å². The fraction of sp³-hybridized carbons (Fsp3) is 0.462. The molecule has 2 aliphatic heterocycles. The van der Waals surface area contributed by atoms with Gasteiger partial charge in [0.2, 0.25) is 0 Å². The van der Waals surface area contributed by atoms with E-state index in [0.29, 0.717) is 48.0 Å². The van der Waals surface area contributed by atoms with Crippen molar-refractivity contribution < 1.29 is 27.4 Å². The van der Waals surface area contributed by atoms with Crippen molar-refractivity contribution in [3.8, 4) is 28.4 Å². The third-order valence-corrected chi connectivity index (χ3v) is 9.37. The van der Waals surface area contributed by atoms with Crippen molar-refractivity contribution in [2.45, 2.75) is 44.7 Å². The molecule has 0 spiro atoms. The summed E-state index contributed by atoms with van der Waals surface area (Å²) >= 11 is 1.51. The summed E-state index contributed by atoms with van der Waals surface area (Å²) in [5.74, 6) is 0.433. The van der Waals surface area contributed by atoms with Gasteiger partial charge in [-0.2, -0.15) is 16.4 Å². The SMILES string of the molecule is COc1cc2c(cc1S(=O)(=O)CC(C)C)-c1c(c(C(=O)N3CCOCC3(C)C)nn1-c1ccsc1)CO2. The summed E-state index contributed by atoms with van der Waals surface area (Å²) in [5, 5.41) is 8.66. The molecule has 1 aromatic carbocycles. The monoisotopic (exact) mass is 545 g/mol. The number of aromatic nitrogens is 2. The number of methoxy groups -OCH3 is 1. The van der Waals surface area contributed by atoms with Gasteiger partial charge in [-0.1, -0.05) is 13.8 Å². The number of sulfone groups is 1. The molecule has 198 valence electrons. The zero-order valence-electron chi connectivity index (χ0n) is 21.6. The van der Waals surface area contributed by atoms with E-state index in [1.165, 1.54) is 18.4 Å². The molecule has 37 heavy (non-hydrogen) atoms. The van der Waals surface area contributed by atoms with Crippen molar-refractivity contribution in [3.63, 3.8) is 0 Å². The number of ether oxygens (including phenoxy) is 3. The largest absolute Gasteiger partial charge is 0.495 e. The standard InChI is InChI=1S/C26H31N3O6S2/c1-16(2)14-37(31,32)22-10-18-20(11-21(22)33-5)35-12-19-23(25(30)28-7-8-34-15-26(28,3)4)27-29(24(18)19)17-6-9-36-13-17/h6,9-11,13,16H,7-8,12,14-15H2,1-5H3. The molecule has 0 bridgehead atoms. The zero-order valence-corrected chi connectivity index (χ0v) is 23.2. The Bertz CT molecular complexity index is 1440. The number of carbonyl (C=O) groups is 1. The second kappa shape index (κ2) is 9.45. The van der Waals surface area contributed by atoms with E-state index in [1.807, 2.05) is 44.5 Å². The molecule has 1 amide bonds. The summed E-state index contributed by atoms with van der Waals surface area (Å²) in [6.45, 7) is 9.13. The van der Waals surface area contributed by atoms with Gasteiger partial charge in [-0.05, 0) is 37.3 Å². The second-order valence-corrected chi connectivity index (χ2v) is 13.1. The molecule has 9 nitrogen and oxygen atoms in total. The molecule has 0 atom stereocenters. The Morgan fingerprint density at radius 1 is 1.30 bits per heavy atom. The van der Waals surface area contributed by atoms with Crippen LogP contribution < -0.4 is 9.47 Å². The lowest BCUT2D eigenvalue weighted by Crippen LogP contribution is -2.55. The number of hydrogen-bond donors (Lipinski definition) is 0. The maximum Gasteiger partial charge on any atom is 0.275 e. The summed E-state index contributed by atoms with van der Waals surface area (Å²) in [5.41, 5.74) is 2.43. The highest BCUT2D eigenvalue weighted by Crippen LogP contribution is 2.45. The van der Waals surface area contributed by atoms with E-state index in [2.05, 4.69) is 0 Å². The van der Waals surface area contributed by atoms with Gasteiger partial charge in [-0.25, -0.2) is 13.1 Å². The number of thiophene rings is 1. The highest BCUT2D eigenvalue weighted by molar-refractivity contribution is 7.91. The zero-order chi connectivity index (χ0) is 26.5. The molecule has 0 N–H and O–H groups in total. The summed E-state index contributed by atoms with van der Waals surface area (Å²) in [4.78, 5) is 15.7. The quantitative estimate of drug-likeness (QED) is 0.458. The lowest BCUT2D eigenvalue weighted by atomic mass is 9.99. The minimum absolute atomic E-state index is 0.0184. The Labute approximate surface area is 220 Å². The average Bonchev–Trinajstić information content (AvgIpc) is 3.49. The van der Waals surface area contributed by atoms with Gasteiger partial charge < -0.3 is 19.1 Å². The molecular weight excluding hydrogens is 514 g/mol. The van der Waals surface area contributed by atoms with E-state index in [-0.39, 0.29) is 34.8 Å². The van der Waals surface area contributed by atoms with Crippen molar-refractivity contribution in [1.29, 1.82) is 0 Å². The first kappa shape index (κ1) is 25.7. The van der Waals surface area contributed by atoms with Crippen LogP contribution in [0.2, 0.25) is 0 Å². The first-order chi connectivity index (χ1) is 17.5. The maximum absolute atomic E-state index is 13.9. The van der Waals surface area contributed by atoms with E-state index in [9.17, 15) is 13.2 Å². The highest BCUT2D eigenvalue weighted by atomic mass is 32.2. The molecule has 4 heterocycles. The number of carbonyl (C=O) groups excluding carboxylic acids is 1. The predicted octanol–water partition coefficient (Wildman–Crippen LogP) is 4.18. The molecular formula is C26H31N3O6S2.